The van der Waals surface area contributed by atoms with Gasteiger partial charge in [-0.25, -0.2) is 0 Å². The van der Waals surface area contributed by atoms with Crippen LogP contribution in [0.15, 0.2) is 12.3 Å². The average molecular weight is 278 g/mol. The van der Waals surface area contributed by atoms with Gasteiger partial charge in [0.15, 0.2) is 0 Å². The molecule has 108 valence electrons. The summed E-state index contributed by atoms with van der Waals surface area (Å²) in [6.45, 7) is 8.75. The number of hydrogen-bond donors (Lipinski definition) is 0. The maximum absolute atomic E-state index is 5.13. The fourth-order valence-corrected chi connectivity index (χ4v) is 8.44. The van der Waals surface area contributed by atoms with E-state index in [1.807, 2.05) is 6.26 Å². The minimum absolute atomic E-state index is 0.938. The molecule has 2 bridgehead atoms. The third-order valence-electron chi connectivity index (χ3n) is 5.51. The van der Waals surface area contributed by atoms with Crippen molar-refractivity contribution in [1.82, 2.24) is 0 Å². The van der Waals surface area contributed by atoms with Crippen molar-refractivity contribution in [3.63, 3.8) is 0 Å². The summed E-state index contributed by atoms with van der Waals surface area (Å²) in [4.78, 5) is 0. The van der Waals surface area contributed by atoms with E-state index in [0.29, 0.717) is 0 Å². The molecular formula is C16H31BOSi. The van der Waals surface area contributed by atoms with Crippen LogP contribution in [0.3, 0.4) is 0 Å². The topological polar surface area (TPSA) is 9.23 Å². The van der Waals surface area contributed by atoms with Gasteiger partial charge in [-0.1, -0.05) is 81.8 Å². The van der Waals surface area contributed by atoms with Crippen molar-refractivity contribution in [3.8, 4) is 0 Å². The molecule has 2 heterocycles. The Kier molecular flexibility index (Phi) is 5.22. The molecule has 3 heteroatoms. The molecule has 0 radical (unpaired) electrons. The highest BCUT2D eigenvalue weighted by atomic mass is 28.3. The van der Waals surface area contributed by atoms with Crippen molar-refractivity contribution < 1.29 is 4.74 Å². The molecule has 0 saturated carbocycles. The molecule has 1 atom stereocenters. The summed E-state index contributed by atoms with van der Waals surface area (Å²) in [5.74, 6) is 2.02. The van der Waals surface area contributed by atoms with Crippen molar-refractivity contribution >= 4 is 14.8 Å². The van der Waals surface area contributed by atoms with E-state index < -0.39 is 8.07 Å². The minimum Gasteiger partial charge on any atom is -0.505 e. The number of ether oxygens (including phenoxy) is 1. The lowest BCUT2D eigenvalue weighted by Gasteiger charge is -2.39. The van der Waals surface area contributed by atoms with Crippen LogP contribution in [0.4, 0.5) is 0 Å². The predicted molar refractivity (Wildman–Crippen MR) is 88.7 cm³/mol. The van der Waals surface area contributed by atoms with Gasteiger partial charge in [-0.05, 0) is 5.92 Å². The first-order chi connectivity index (χ1) is 9.04. The van der Waals surface area contributed by atoms with Gasteiger partial charge in [0.1, 0.15) is 6.71 Å². The van der Waals surface area contributed by atoms with Gasteiger partial charge < -0.3 is 4.74 Å². The number of fused-ring (bicyclic) bond motifs is 3. The zero-order chi connectivity index (χ0) is 13.9. The molecule has 0 aliphatic carbocycles. The minimum atomic E-state index is -1.07. The molecule has 2 aliphatic heterocycles. The zero-order valence-corrected chi connectivity index (χ0v) is 14.3. The van der Waals surface area contributed by atoms with Crippen molar-refractivity contribution in [3.05, 3.63) is 12.3 Å². The number of rotatable bonds is 4. The van der Waals surface area contributed by atoms with Crippen molar-refractivity contribution in [2.75, 3.05) is 7.11 Å². The molecule has 0 N–H and O–H groups in total. The standard InChI is InChI=1S/C16H31BOSi/c1-18-13-7-12-17-15-10-5-8-14(9-6-11-15)16(17)19(2,3)4/h7,13-16H,5-6,8-12H2,1-4H3/b13-7-/t14?,15?,16-/m0/s1. The highest BCUT2D eigenvalue weighted by Gasteiger charge is 2.46. The van der Waals surface area contributed by atoms with Gasteiger partial charge in [-0.3, -0.25) is 0 Å². The predicted octanol–water partition coefficient (Wildman–Crippen LogP) is 5.24. The van der Waals surface area contributed by atoms with E-state index >= 15 is 0 Å². The van der Waals surface area contributed by atoms with E-state index in [-0.39, 0.29) is 0 Å². The fourth-order valence-electron chi connectivity index (χ4n) is 5.00. The third-order valence-corrected chi connectivity index (χ3v) is 8.41. The first-order valence-electron chi connectivity index (χ1n) is 8.22. The lowest BCUT2D eigenvalue weighted by atomic mass is 9.35. The molecule has 2 saturated heterocycles. The first kappa shape index (κ1) is 15.2. The second-order valence-electron chi connectivity index (χ2n) is 7.78. The Morgan fingerprint density at radius 2 is 1.74 bits per heavy atom. The van der Waals surface area contributed by atoms with E-state index in [4.69, 9.17) is 4.74 Å². The van der Waals surface area contributed by atoms with Gasteiger partial charge in [0, 0.05) is 8.07 Å². The number of hydrogen-bond acceptors (Lipinski definition) is 1. The summed E-state index contributed by atoms with van der Waals surface area (Å²) in [6.07, 6.45) is 14.4. The molecule has 1 nitrogen and oxygen atoms in total. The Balaban J connectivity index is 2.23. The summed E-state index contributed by atoms with van der Waals surface area (Å²) in [6, 6.07) is 0. The highest BCUT2D eigenvalue weighted by Crippen LogP contribution is 2.51. The normalized spacial score (nSPS) is 32.4. The summed E-state index contributed by atoms with van der Waals surface area (Å²) >= 11 is 0. The Bertz CT molecular complexity index is 300. The van der Waals surface area contributed by atoms with Crippen molar-refractivity contribution in [1.29, 1.82) is 0 Å². The molecule has 0 aromatic heterocycles. The number of methoxy groups -OCH3 is 1. The lowest BCUT2D eigenvalue weighted by molar-refractivity contribution is 0.337. The van der Waals surface area contributed by atoms with Gasteiger partial charge in [0.25, 0.3) is 0 Å². The van der Waals surface area contributed by atoms with Crippen LogP contribution in [0.2, 0.25) is 37.2 Å². The van der Waals surface area contributed by atoms with E-state index in [0.717, 1.165) is 23.9 Å². The van der Waals surface area contributed by atoms with Crippen molar-refractivity contribution in [2.45, 2.75) is 75.7 Å². The van der Waals surface area contributed by atoms with E-state index in [1.165, 1.54) is 44.8 Å². The molecule has 2 aliphatic rings. The largest absolute Gasteiger partial charge is 0.505 e. The molecule has 2 rings (SSSR count). The third kappa shape index (κ3) is 3.68. The van der Waals surface area contributed by atoms with E-state index in [9.17, 15) is 0 Å². The lowest BCUT2D eigenvalue weighted by Crippen LogP contribution is -2.43. The fraction of sp³-hybridized carbons (Fsp3) is 0.875. The van der Waals surface area contributed by atoms with E-state index in [1.54, 1.807) is 7.11 Å². The quantitative estimate of drug-likeness (QED) is 0.504. The Morgan fingerprint density at radius 3 is 2.26 bits per heavy atom. The smallest absolute Gasteiger partial charge is 0.147 e. The van der Waals surface area contributed by atoms with Crippen LogP contribution >= 0.6 is 0 Å². The van der Waals surface area contributed by atoms with Gasteiger partial charge in [0.05, 0.1) is 13.4 Å². The van der Waals surface area contributed by atoms with Crippen LogP contribution in [0.5, 0.6) is 0 Å². The summed E-state index contributed by atoms with van der Waals surface area (Å²) in [5, 5.41) is 0. The zero-order valence-electron chi connectivity index (χ0n) is 13.3. The maximum atomic E-state index is 5.13. The average Bonchev–Trinajstić information content (AvgIpc) is 2.56. The molecule has 0 aromatic rings. The Morgan fingerprint density at radius 1 is 1.11 bits per heavy atom. The molecule has 2 fully saturated rings. The highest BCUT2D eigenvalue weighted by molar-refractivity contribution is 6.90. The number of allylic oxidation sites excluding steroid dienone is 1. The van der Waals surface area contributed by atoms with E-state index in [2.05, 4.69) is 25.7 Å². The molecule has 0 spiro atoms. The maximum Gasteiger partial charge on any atom is 0.147 e. The van der Waals surface area contributed by atoms with Crippen LogP contribution in [0.25, 0.3) is 0 Å². The van der Waals surface area contributed by atoms with Crippen LogP contribution in [0, 0.1) is 5.92 Å². The van der Waals surface area contributed by atoms with Crippen LogP contribution < -0.4 is 0 Å². The first-order valence-corrected chi connectivity index (χ1v) is 11.8. The second kappa shape index (κ2) is 6.52. The Hall–Kier alpha value is -0.178. The van der Waals surface area contributed by atoms with Crippen LogP contribution in [0.1, 0.15) is 38.5 Å². The molecule has 19 heavy (non-hydrogen) atoms. The van der Waals surface area contributed by atoms with Gasteiger partial charge in [0.2, 0.25) is 0 Å². The Labute approximate surface area is 121 Å². The van der Waals surface area contributed by atoms with Crippen LogP contribution in [-0.4, -0.2) is 21.9 Å². The summed E-state index contributed by atoms with van der Waals surface area (Å²) < 4.78 is 5.13. The van der Waals surface area contributed by atoms with Crippen LogP contribution in [-0.2, 0) is 4.74 Å². The van der Waals surface area contributed by atoms with Crippen molar-refractivity contribution in [2.24, 2.45) is 5.92 Å². The van der Waals surface area contributed by atoms with Gasteiger partial charge >= 0.3 is 0 Å². The van der Waals surface area contributed by atoms with Gasteiger partial charge in [-0.15, -0.1) is 0 Å². The SMILES string of the molecule is CO/C=C\CB1C2CCCC(CCC2)[C@@H]1[Si](C)(C)C. The second-order valence-corrected chi connectivity index (χ2v) is 13.2. The molecule has 0 unspecified atom stereocenters. The molecular weight excluding hydrogens is 247 g/mol. The summed E-state index contributed by atoms with van der Waals surface area (Å²) in [5.41, 5.74) is 1.03. The monoisotopic (exact) mass is 278 g/mol. The molecule has 0 amide bonds. The van der Waals surface area contributed by atoms with Gasteiger partial charge in [-0.2, -0.15) is 0 Å². The summed E-state index contributed by atoms with van der Waals surface area (Å²) in [7, 11) is 0.689. The molecule has 0 aromatic carbocycles.